The molecule has 13 heteroatoms. The highest BCUT2D eigenvalue weighted by Crippen LogP contribution is 2.28. The zero-order valence-electron chi connectivity index (χ0n) is 22.5. The topological polar surface area (TPSA) is 142 Å². The maximum absolute atomic E-state index is 14.1. The zero-order valence-corrected chi connectivity index (χ0v) is 23.3. The van der Waals surface area contributed by atoms with Crippen LogP contribution in [0.25, 0.3) is 0 Å². The third-order valence-electron chi connectivity index (χ3n) is 6.72. The molecule has 2 N–H and O–H groups in total. The average Bonchev–Trinajstić information content (AvgIpc) is 3.49. The molecule has 41 heavy (non-hydrogen) atoms. The van der Waals surface area contributed by atoms with E-state index in [4.69, 9.17) is 21.3 Å². The molecule has 1 aliphatic heterocycles. The van der Waals surface area contributed by atoms with E-state index in [2.05, 4.69) is 30.2 Å². The fourth-order valence-corrected chi connectivity index (χ4v) is 4.91. The molecule has 1 amide bonds. The van der Waals surface area contributed by atoms with Crippen molar-refractivity contribution in [1.29, 1.82) is 0 Å². The van der Waals surface area contributed by atoms with E-state index < -0.39 is 0 Å². The van der Waals surface area contributed by atoms with Crippen LogP contribution in [0.4, 0.5) is 11.8 Å². The van der Waals surface area contributed by atoms with Crippen LogP contribution in [0, 0.1) is 0 Å². The first-order valence-corrected chi connectivity index (χ1v) is 13.6. The molecule has 5 rings (SSSR count). The van der Waals surface area contributed by atoms with Gasteiger partial charge in [0.1, 0.15) is 28.8 Å². The first kappa shape index (κ1) is 28.1. The number of carbonyl (C=O) groups excluding carboxylic acids is 1. The lowest BCUT2D eigenvalue weighted by Crippen LogP contribution is -2.35. The van der Waals surface area contributed by atoms with Crippen molar-refractivity contribution in [3.63, 3.8) is 0 Å². The van der Waals surface area contributed by atoms with Crippen molar-refractivity contribution in [2.75, 3.05) is 30.5 Å². The molecule has 1 aliphatic rings. The van der Waals surface area contributed by atoms with Crippen LogP contribution in [0.1, 0.15) is 40.4 Å². The SMILES string of the molecule is COc1ccc(CNc2nc(N3CCC[C@@H]3CO)ncc2C(=O)N(Cc2ncccn2)Cc2ncccn2)cc1Cl. The predicted octanol–water partition coefficient (Wildman–Crippen LogP) is 3.13. The van der Waals surface area contributed by atoms with Gasteiger partial charge in [-0.15, -0.1) is 0 Å². The minimum absolute atomic E-state index is 0.000912. The fraction of sp³-hybridized carbons (Fsp3) is 0.321. The number of methoxy groups -OCH3 is 1. The molecular weight excluding hydrogens is 546 g/mol. The molecule has 0 bridgehead atoms. The Kier molecular flexibility index (Phi) is 9.12. The summed E-state index contributed by atoms with van der Waals surface area (Å²) in [4.78, 5) is 44.1. The average molecular weight is 576 g/mol. The van der Waals surface area contributed by atoms with Crippen molar-refractivity contribution in [2.24, 2.45) is 0 Å². The Hall–Kier alpha value is -4.42. The number of benzene rings is 1. The highest BCUT2D eigenvalue weighted by Gasteiger charge is 2.29. The number of anilines is 2. The van der Waals surface area contributed by atoms with Crippen LogP contribution in [0.5, 0.6) is 5.75 Å². The van der Waals surface area contributed by atoms with Crippen LogP contribution >= 0.6 is 11.6 Å². The summed E-state index contributed by atoms with van der Waals surface area (Å²) >= 11 is 6.34. The second-order valence-corrected chi connectivity index (χ2v) is 9.83. The second kappa shape index (κ2) is 13.3. The van der Waals surface area contributed by atoms with E-state index in [9.17, 15) is 9.90 Å². The lowest BCUT2D eigenvalue weighted by atomic mass is 10.2. The van der Waals surface area contributed by atoms with Crippen LogP contribution in [-0.2, 0) is 19.6 Å². The van der Waals surface area contributed by atoms with Crippen molar-refractivity contribution in [3.05, 3.63) is 89.1 Å². The van der Waals surface area contributed by atoms with Crippen LogP contribution in [-0.4, -0.2) is 72.1 Å². The van der Waals surface area contributed by atoms with E-state index in [-0.39, 0.29) is 37.2 Å². The van der Waals surface area contributed by atoms with Gasteiger partial charge in [0.15, 0.2) is 0 Å². The van der Waals surface area contributed by atoms with Crippen molar-refractivity contribution < 1.29 is 14.6 Å². The van der Waals surface area contributed by atoms with Gasteiger partial charge in [-0.05, 0) is 42.7 Å². The Morgan fingerprint density at radius 1 is 1.10 bits per heavy atom. The molecule has 0 radical (unpaired) electrons. The standard InChI is InChI=1S/C28H30ClN9O3/c1-41-23-7-6-19(13-22(23)29)14-34-26-21(15-35-28(36-26)38-12-2-5-20(38)18-39)27(40)37(16-24-30-8-3-9-31-24)17-25-32-10-4-11-33-25/h3-4,6-11,13,15,20,39H,2,5,12,14,16-18H2,1H3,(H,34,35,36)/t20-/m1/s1. The summed E-state index contributed by atoms with van der Waals surface area (Å²) in [6.45, 7) is 1.32. The molecule has 4 aromatic rings. The summed E-state index contributed by atoms with van der Waals surface area (Å²) in [6.07, 6.45) is 9.79. The van der Waals surface area contributed by atoms with Crippen LogP contribution in [0.2, 0.25) is 5.02 Å². The van der Waals surface area contributed by atoms with Crippen LogP contribution < -0.4 is 15.0 Å². The van der Waals surface area contributed by atoms with E-state index in [1.165, 1.54) is 6.20 Å². The minimum Gasteiger partial charge on any atom is -0.495 e. The maximum Gasteiger partial charge on any atom is 0.260 e. The highest BCUT2D eigenvalue weighted by atomic mass is 35.5. The number of rotatable bonds is 11. The van der Waals surface area contributed by atoms with Gasteiger partial charge in [0.2, 0.25) is 5.95 Å². The van der Waals surface area contributed by atoms with Gasteiger partial charge in [-0.1, -0.05) is 17.7 Å². The first-order valence-electron chi connectivity index (χ1n) is 13.2. The smallest absolute Gasteiger partial charge is 0.260 e. The van der Waals surface area contributed by atoms with Crippen LogP contribution in [0.3, 0.4) is 0 Å². The van der Waals surface area contributed by atoms with Gasteiger partial charge in [-0.2, -0.15) is 4.98 Å². The molecule has 1 aromatic carbocycles. The molecule has 4 heterocycles. The van der Waals surface area contributed by atoms with E-state index >= 15 is 0 Å². The molecule has 0 saturated carbocycles. The lowest BCUT2D eigenvalue weighted by molar-refractivity contribution is 0.0721. The van der Waals surface area contributed by atoms with Gasteiger partial charge < -0.3 is 25.0 Å². The number of carbonyl (C=O) groups is 1. The zero-order chi connectivity index (χ0) is 28.6. The third-order valence-corrected chi connectivity index (χ3v) is 7.01. The van der Waals surface area contributed by atoms with Gasteiger partial charge in [0.25, 0.3) is 5.91 Å². The number of aliphatic hydroxyl groups is 1. The number of hydrogen-bond acceptors (Lipinski definition) is 11. The number of hydrogen-bond donors (Lipinski definition) is 2. The van der Waals surface area contributed by atoms with Gasteiger partial charge in [0.05, 0.1) is 37.9 Å². The second-order valence-electron chi connectivity index (χ2n) is 9.42. The molecule has 0 unspecified atom stereocenters. The predicted molar refractivity (Wildman–Crippen MR) is 152 cm³/mol. The Morgan fingerprint density at radius 2 is 1.78 bits per heavy atom. The van der Waals surface area contributed by atoms with Gasteiger partial charge >= 0.3 is 0 Å². The van der Waals surface area contributed by atoms with Gasteiger partial charge in [-0.25, -0.2) is 24.9 Å². The number of nitrogens with one attached hydrogen (secondary N) is 1. The van der Waals surface area contributed by atoms with Crippen molar-refractivity contribution >= 4 is 29.3 Å². The summed E-state index contributed by atoms with van der Waals surface area (Å²) in [5.74, 6) is 1.97. The third kappa shape index (κ3) is 6.84. The summed E-state index contributed by atoms with van der Waals surface area (Å²) in [5, 5.41) is 13.6. The van der Waals surface area contributed by atoms with E-state index in [1.54, 1.807) is 61.1 Å². The number of amides is 1. The molecule has 1 saturated heterocycles. The van der Waals surface area contributed by atoms with Crippen molar-refractivity contribution in [1.82, 2.24) is 34.8 Å². The summed E-state index contributed by atoms with van der Waals surface area (Å²) < 4.78 is 5.26. The molecule has 0 spiro atoms. The van der Waals surface area contributed by atoms with Crippen LogP contribution in [0.15, 0.2) is 61.3 Å². The number of ether oxygens (including phenoxy) is 1. The highest BCUT2D eigenvalue weighted by molar-refractivity contribution is 6.32. The Balaban J connectivity index is 1.48. The number of aliphatic hydroxyl groups excluding tert-OH is 1. The maximum atomic E-state index is 14.1. The largest absolute Gasteiger partial charge is 0.495 e. The number of halogens is 1. The molecule has 1 atom stereocenters. The molecule has 12 nitrogen and oxygen atoms in total. The van der Waals surface area contributed by atoms with E-state index in [0.29, 0.717) is 40.7 Å². The molecular formula is C28H30ClN9O3. The number of nitrogens with zero attached hydrogens (tertiary/aromatic N) is 8. The molecule has 3 aromatic heterocycles. The monoisotopic (exact) mass is 575 g/mol. The molecule has 212 valence electrons. The molecule has 0 aliphatic carbocycles. The first-order chi connectivity index (χ1) is 20.1. The Bertz CT molecular complexity index is 1420. The fourth-order valence-electron chi connectivity index (χ4n) is 4.63. The molecule has 1 fully saturated rings. The summed E-state index contributed by atoms with van der Waals surface area (Å²) in [5.41, 5.74) is 1.14. The van der Waals surface area contributed by atoms with Gasteiger partial charge in [-0.3, -0.25) is 4.79 Å². The van der Waals surface area contributed by atoms with E-state index in [0.717, 1.165) is 24.9 Å². The number of aromatic nitrogens is 6. The van der Waals surface area contributed by atoms with Gasteiger partial charge in [0, 0.05) is 44.1 Å². The normalized spacial score (nSPS) is 14.6. The van der Waals surface area contributed by atoms with Crippen molar-refractivity contribution in [3.8, 4) is 5.75 Å². The summed E-state index contributed by atoms with van der Waals surface area (Å²) in [7, 11) is 1.56. The Labute approximate surface area is 242 Å². The van der Waals surface area contributed by atoms with E-state index in [1.807, 2.05) is 11.0 Å². The quantitative estimate of drug-likeness (QED) is 0.272. The summed E-state index contributed by atoms with van der Waals surface area (Å²) in [6, 6.07) is 8.82. The lowest BCUT2D eigenvalue weighted by Gasteiger charge is -2.25. The Morgan fingerprint density at radius 3 is 2.39 bits per heavy atom. The minimum atomic E-state index is -0.341. The van der Waals surface area contributed by atoms with Crippen molar-refractivity contribution in [2.45, 2.75) is 38.5 Å².